The minimum absolute atomic E-state index is 0.0471. The van der Waals surface area contributed by atoms with E-state index in [4.69, 9.17) is 14.2 Å². The van der Waals surface area contributed by atoms with E-state index in [1.54, 1.807) is 0 Å². The second-order valence-corrected chi connectivity index (χ2v) is 7.31. The second-order valence-electron chi connectivity index (χ2n) is 7.31. The molecule has 2 heterocycles. The summed E-state index contributed by atoms with van der Waals surface area (Å²) in [7, 11) is 0. The van der Waals surface area contributed by atoms with Gasteiger partial charge < -0.3 is 14.2 Å². The predicted octanol–water partition coefficient (Wildman–Crippen LogP) is 3.58. The zero-order valence-corrected chi connectivity index (χ0v) is 15.3. The SMILES string of the molecule is Cc1cc(OCCN2CCC(C3OCCO3)CC2)ccc1C(C)C. The summed E-state index contributed by atoms with van der Waals surface area (Å²) in [5, 5.41) is 0. The number of piperidine rings is 1. The Hall–Kier alpha value is -1.10. The number of ether oxygens (including phenoxy) is 3. The van der Waals surface area contributed by atoms with Gasteiger partial charge in [-0.3, -0.25) is 4.90 Å². The summed E-state index contributed by atoms with van der Waals surface area (Å²) in [5.74, 6) is 2.11. The molecule has 24 heavy (non-hydrogen) atoms. The van der Waals surface area contributed by atoms with Gasteiger partial charge in [0.25, 0.3) is 0 Å². The van der Waals surface area contributed by atoms with Crippen molar-refractivity contribution in [2.24, 2.45) is 5.92 Å². The summed E-state index contributed by atoms with van der Waals surface area (Å²) in [6.07, 6.45) is 2.37. The van der Waals surface area contributed by atoms with Gasteiger partial charge in [0.2, 0.25) is 0 Å². The lowest BCUT2D eigenvalue weighted by Crippen LogP contribution is -2.39. The van der Waals surface area contributed by atoms with E-state index in [1.807, 2.05) is 0 Å². The van der Waals surface area contributed by atoms with Crippen molar-refractivity contribution >= 4 is 0 Å². The van der Waals surface area contributed by atoms with Crippen molar-refractivity contribution in [3.8, 4) is 5.75 Å². The van der Waals surface area contributed by atoms with Crippen molar-refractivity contribution in [1.29, 1.82) is 0 Å². The molecular formula is C20H31NO3. The third-order valence-corrected chi connectivity index (χ3v) is 5.20. The molecule has 0 unspecified atom stereocenters. The van der Waals surface area contributed by atoms with E-state index in [1.165, 1.54) is 11.1 Å². The maximum Gasteiger partial charge on any atom is 0.160 e. The fourth-order valence-corrected chi connectivity index (χ4v) is 3.78. The van der Waals surface area contributed by atoms with Crippen LogP contribution in [0.1, 0.15) is 43.7 Å². The van der Waals surface area contributed by atoms with Crippen LogP contribution < -0.4 is 4.74 Å². The largest absolute Gasteiger partial charge is 0.492 e. The first-order chi connectivity index (χ1) is 11.6. The first-order valence-electron chi connectivity index (χ1n) is 9.32. The molecule has 4 nitrogen and oxygen atoms in total. The van der Waals surface area contributed by atoms with E-state index in [0.29, 0.717) is 11.8 Å². The molecular weight excluding hydrogens is 302 g/mol. The van der Waals surface area contributed by atoms with E-state index < -0.39 is 0 Å². The molecule has 0 aromatic heterocycles. The standard InChI is InChI=1S/C20H31NO3/c1-15(2)19-5-4-18(14-16(19)3)22-11-10-21-8-6-17(7-9-21)20-23-12-13-24-20/h4-5,14-15,17,20H,6-13H2,1-3H3. The highest BCUT2D eigenvalue weighted by atomic mass is 16.7. The minimum Gasteiger partial charge on any atom is -0.492 e. The number of hydrogen-bond acceptors (Lipinski definition) is 4. The average Bonchev–Trinajstić information content (AvgIpc) is 3.10. The van der Waals surface area contributed by atoms with Crippen molar-refractivity contribution < 1.29 is 14.2 Å². The van der Waals surface area contributed by atoms with Gasteiger partial charge >= 0.3 is 0 Å². The quantitative estimate of drug-likeness (QED) is 0.796. The van der Waals surface area contributed by atoms with E-state index >= 15 is 0 Å². The molecule has 0 saturated carbocycles. The number of hydrogen-bond donors (Lipinski definition) is 0. The van der Waals surface area contributed by atoms with Crippen LogP contribution in [0.25, 0.3) is 0 Å². The van der Waals surface area contributed by atoms with Gasteiger partial charge in [0.1, 0.15) is 12.4 Å². The van der Waals surface area contributed by atoms with Crippen molar-refractivity contribution in [3.63, 3.8) is 0 Å². The Morgan fingerprint density at radius 3 is 2.50 bits per heavy atom. The molecule has 2 fully saturated rings. The van der Waals surface area contributed by atoms with E-state index in [9.17, 15) is 0 Å². The molecule has 2 aliphatic heterocycles. The molecule has 0 atom stereocenters. The molecule has 0 N–H and O–H groups in total. The first kappa shape index (κ1) is 17.7. The molecule has 2 aliphatic rings. The maximum absolute atomic E-state index is 5.96. The zero-order chi connectivity index (χ0) is 16.9. The van der Waals surface area contributed by atoms with Crippen LogP contribution in [0.3, 0.4) is 0 Å². The number of benzene rings is 1. The fourth-order valence-electron chi connectivity index (χ4n) is 3.78. The lowest BCUT2D eigenvalue weighted by atomic mass is 9.96. The Balaban J connectivity index is 1.39. The summed E-state index contributed by atoms with van der Waals surface area (Å²) in [4.78, 5) is 2.49. The molecule has 0 aliphatic carbocycles. The average molecular weight is 333 g/mol. The van der Waals surface area contributed by atoms with E-state index in [-0.39, 0.29) is 6.29 Å². The monoisotopic (exact) mass is 333 g/mol. The Morgan fingerprint density at radius 2 is 1.88 bits per heavy atom. The molecule has 3 rings (SSSR count). The Bertz CT molecular complexity index is 518. The predicted molar refractivity (Wildman–Crippen MR) is 95.6 cm³/mol. The molecule has 0 radical (unpaired) electrons. The fraction of sp³-hybridized carbons (Fsp3) is 0.700. The van der Waals surface area contributed by atoms with E-state index in [2.05, 4.69) is 43.9 Å². The molecule has 134 valence electrons. The second kappa shape index (κ2) is 8.32. The molecule has 0 bridgehead atoms. The molecule has 2 saturated heterocycles. The molecule has 4 heteroatoms. The first-order valence-corrected chi connectivity index (χ1v) is 9.32. The minimum atomic E-state index is 0.0471. The van der Waals surface area contributed by atoms with Crippen LogP contribution in [0.4, 0.5) is 0 Å². The van der Waals surface area contributed by atoms with Gasteiger partial charge in [0.15, 0.2) is 6.29 Å². The Kier molecular flexibility index (Phi) is 6.14. The van der Waals surface area contributed by atoms with Crippen LogP contribution in [-0.2, 0) is 9.47 Å². The van der Waals surface area contributed by atoms with Gasteiger partial charge in [0, 0.05) is 12.5 Å². The van der Waals surface area contributed by atoms with Gasteiger partial charge in [0.05, 0.1) is 13.2 Å². The maximum atomic E-state index is 5.96. The van der Waals surface area contributed by atoms with Crippen LogP contribution in [0.2, 0.25) is 0 Å². The van der Waals surface area contributed by atoms with Gasteiger partial charge in [-0.15, -0.1) is 0 Å². The number of nitrogens with zero attached hydrogens (tertiary/aromatic N) is 1. The molecule has 1 aromatic carbocycles. The third kappa shape index (κ3) is 4.50. The summed E-state index contributed by atoms with van der Waals surface area (Å²) >= 11 is 0. The number of likely N-dealkylation sites (tertiary alicyclic amines) is 1. The third-order valence-electron chi connectivity index (χ3n) is 5.20. The van der Waals surface area contributed by atoms with Crippen LogP contribution >= 0.6 is 0 Å². The highest BCUT2D eigenvalue weighted by molar-refractivity contribution is 5.36. The molecule has 0 spiro atoms. The van der Waals surface area contributed by atoms with Gasteiger partial charge in [-0.25, -0.2) is 0 Å². The number of aryl methyl sites for hydroxylation is 1. The number of rotatable bonds is 6. The lowest BCUT2D eigenvalue weighted by molar-refractivity contribution is -0.0976. The van der Waals surface area contributed by atoms with Gasteiger partial charge in [-0.05, 0) is 62.0 Å². The smallest absolute Gasteiger partial charge is 0.160 e. The van der Waals surface area contributed by atoms with Crippen molar-refractivity contribution in [2.45, 2.75) is 45.8 Å². The zero-order valence-electron chi connectivity index (χ0n) is 15.3. The van der Waals surface area contributed by atoms with Crippen molar-refractivity contribution in [2.75, 3.05) is 39.5 Å². The molecule has 0 amide bonds. The molecule has 1 aromatic rings. The van der Waals surface area contributed by atoms with Crippen LogP contribution in [0.5, 0.6) is 5.75 Å². The highest BCUT2D eigenvalue weighted by Gasteiger charge is 2.30. The van der Waals surface area contributed by atoms with E-state index in [0.717, 1.165) is 58.0 Å². The van der Waals surface area contributed by atoms with Crippen LogP contribution in [0, 0.1) is 12.8 Å². The summed E-state index contributed by atoms with van der Waals surface area (Å²) in [5.41, 5.74) is 2.72. The summed E-state index contributed by atoms with van der Waals surface area (Å²) < 4.78 is 17.2. The summed E-state index contributed by atoms with van der Waals surface area (Å²) in [6.45, 7) is 12.1. The van der Waals surface area contributed by atoms with Gasteiger partial charge in [-0.2, -0.15) is 0 Å². The normalized spacial score (nSPS) is 20.8. The van der Waals surface area contributed by atoms with Crippen LogP contribution in [0.15, 0.2) is 18.2 Å². The highest BCUT2D eigenvalue weighted by Crippen LogP contribution is 2.26. The topological polar surface area (TPSA) is 30.9 Å². The van der Waals surface area contributed by atoms with Crippen molar-refractivity contribution in [1.82, 2.24) is 4.90 Å². The Labute approximate surface area is 146 Å². The summed E-state index contributed by atoms with van der Waals surface area (Å²) in [6, 6.07) is 6.46. The van der Waals surface area contributed by atoms with Gasteiger partial charge in [-0.1, -0.05) is 19.9 Å². The lowest BCUT2D eigenvalue weighted by Gasteiger charge is -2.33. The van der Waals surface area contributed by atoms with Crippen molar-refractivity contribution in [3.05, 3.63) is 29.3 Å². The van der Waals surface area contributed by atoms with Crippen LogP contribution in [-0.4, -0.2) is 50.6 Å². The Morgan fingerprint density at radius 1 is 1.17 bits per heavy atom.